The maximum atomic E-state index is 4.04. The van der Waals surface area contributed by atoms with Crippen LogP contribution in [0.4, 0.5) is 0 Å². The highest BCUT2D eigenvalue weighted by atomic mass is 32.1. The molecule has 0 aliphatic carbocycles. The third-order valence-corrected chi connectivity index (χ3v) is 1.24. The Balaban J connectivity index is 2.96. The zero-order valence-electron chi connectivity index (χ0n) is 5.98. The molecule has 0 saturated heterocycles. The van der Waals surface area contributed by atoms with E-state index < -0.39 is 0 Å². The third-order valence-electron chi connectivity index (χ3n) is 1.02. The van der Waals surface area contributed by atoms with Gasteiger partial charge in [-0.1, -0.05) is 13.3 Å². The molecule has 0 aromatic carbocycles. The van der Waals surface area contributed by atoms with Gasteiger partial charge in [-0.05, 0) is 6.42 Å². The normalized spacial score (nSPS) is 8.22. The Morgan fingerprint density at radius 2 is 1.89 bits per heavy atom. The summed E-state index contributed by atoms with van der Waals surface area (Å²) in [4.78, 5) is 0. The number of hydrogen-bond donors (Lipinski definition) is 1. The molecular formula is C8H14S. The molecule has 0 radical (unpaired) electrons. The molecule has 0 heterocycles. The van der Waals surface area contributed by atoms with Gasteiger partial charge in [0, 0.05) is 18.6 Å². The smallest absolute Gasteiger partial charge is 0.0177 e. The van der Waals surface area contributed by atoms with Crippen LogP contribution in [0.25, 0.3) is 0 Å². The minimum Gasteiger partial charge on any atom is -0.178 e. The fourth-order valence-electron chi connectivity index (χ4n) is 0.498. The van der Waals surface area contributed by atoms with Crippen molar-refractivity contribution in [2.24, 2.45) is 0 Å². The molecule has 9 heavy (non-hydrogen) atoms. The van der Waals surface area contributed by atoms with Crippen LogP contribution in [0.5, 0.6) is 0 Å². The molecule has 0 rings (SSSR count). The quantitative estimate of drug-likeness (QED) is 0.349. The molecule has 0 aromatic heterocycles. The zero-order chi connectivity index (χ0) is 6.95. The van der Waals surface area contributed by atoms with E-state index in [4.69, 9.17) is 0 Å². The van der Waals surface area contributed by atoms with Gasteiger partial charge in [0.25, 0.3) is 0 Å². The van der Waals surface area contributed by atoms with Crippen molar-refractivity contribution in [3.8, 4) is 11.8 Å². The van der Waals surface area contributed by atoms with Gasteiger partial charge in [-0.25, -0.2) is 0 Å². The van der Waals surface area contributed by atoms with E-state index in [0.29, 0.717) is 0 Å². The highest BCUT2D eigenvalue weighted by molar-refractivity contribution is 7.80. The van der Waals surface area contributed by atoms with E-state index in [1.165, 1.54) is 12.8 Å². The summed E-state index contributed by atoms with van der Waals surface area (Å²) in [6.07, 6.45) is 4.48. The van der Waals surface area contributed by atoms with E-state index in [1.54, 1.807) is 0 Å². The second kappa shape index (κ2) is 7.91. The van der Waals surface area contributed by atoms with Gasteiger partial charge >= 0.3 is 0 Å². The van der Waals surface area contributed by atoms with Gasteiger partial charge < -0.3 is 0 Å². The maximum Gasteiger partial charge on any atom is 0.0177 e. The fraction of sp³-hybridized carbons (Fsp3) is 0.750. The monoisotopic (exact) mass is 142 g/mol. The van der Waals surface area contributed by atoms with Crippen molar-refractivity contribution in [3.63, 3.8) is 0 Å². The van der Waals surface area contributed by atoms with Crippen LogP contribution in [0, 0.1) is 11.8 Å². The van der Waals surface area contributed by atoms with Crippen molar-refractivity contribution in [2.75, 3.05) is 5.75 Å². The molecule has 0 bridgehead atoms. The Kier molecular flexibility index (Phi) is 7.83. The SMILES string of the molecule is CCCCC#CCCS. The second-order valence-corrected chi connectivity index (χ2v) is 2.38. The van der Waals surface area contributed by atoms with E-state index in [-0.39, 0.29) is 0 Å². The van der Waals surface area contributed by atoms with Crippen molar-refractivity contribution in [3.05, 3.63) is 0 Å². The van der Waals surface area contributed by atoms with Crippen LogP contribution in [0.1, 0.15) is 32.6 Å². The number of unbranched alkanes of at least 4 members (excludes halogenated alkanes) is 2. The van der Waals surface area contributed by atoms with Crippen LogP contribution < -0.4 is 0 Å². The van der Waals surface area contributed by atoms with Gasteiger partial charge in [0.05, 0.1) is 0 Å². The summed E-state index contributed by atoms with van der Waals surface area (Å²) in [6.45, 7) is 2.18. The van der Waals surface area contributed by atoms with E-state index >= 15 is 0 Å². The number of thiol groups is 1. The Morgan fingerprint density at radius 3 is 2.44 bits per heavy atom. The lowest BCUT2D eigenvalue weighted by atomic mass is 10.2. The van der Waals surface area contributed by atoms with Crippen LogP contribution in [0.15, 0.2) is 0 Å². The van der Waals surface area contributed by atoms with Crippen molar-refractivity contribution >= 4 is 12.6 Å². The molecule has 0 nitrogen and oxygen atoms in total. The summed E-state index contributed by atoms with van der Waals surface area (Å²) in [5.74, 6) is 7.02. The minimum atomic E-state index is 0.888. The molecule has 0 aliphatic heterocycles. The van der Waals surface area contributed by atoms with E-state index in [1.807, 2.05) is 0 Å². The standard InChI is InChI=1S/C8H14S/c1-2-3-4-5-6-7-8-9/h9H,2-4,7-8H2,1H3. The van der Waals surface area contributed by atoms with Crippen LogP contribution >= 0.6 is 12.6 Å². The lowest BCUT2D eigenvalue weighted by Crippen LogP contribution is -1.69. The first-order valence-electron chi connectivity index (χ1n) is 3.48. The molecule has 0 saturated carbocycles. The predicted molar refractivity (Wildman–Crippen MR) is 45.8 cm³/mol. The van der Waals surface area contributed by atoms with Crippen LogP contribution in [-0.4, -0.2) is 5.75 Å². The fourth-order valence-corrected chi connectivity index (χ4v) is 0.610. The van der Waals surface area contributed by atoms with E-state index in [9.17, 15) is 0 Å². The van der Waals surface area contributed by atoms with Crippen LogP contribution in [-0.2, 0) is 0 Å². The van der Waals surface area contributed by atoms with E-state index in [0.717, 1.165) is 18.6 Å². The summed E-state index contributed by atoms with van der Waals surface area (Å²) in [5, 5.41) is 0. The van der Waals surface area contributed by atoms with Gasteiger partial charge in [-0.3, -0.25) is 0 Å². The van der Waals surface area contributed by atoms with Crippen molar-refractivity contribution < 1.29 is 0 Å². The molecule has 0 N–H and O–H groups in total. The summed E-state index contributed by atoms with van der Waals surface area (Å²) < 4.78 is 0. The molecule has 0 fully saturated rings. The first kappa shape index (κ1) is 8.91. The largest absolute Gasteiger partial charge is 0.178 e. The van der Waals surface area contributed by atoms with Crippen LogP contribution in [0.2, 0.25) is 0 Å². The average molecular weight is 142 g/mol. The molecule has 0 atom stereocenters. The average Bonchev–Trinajstić information content (AvgIpc) is 1.89. The molecular weight excluding hydrogens is 128 g/mol. The highest BCUT2D eigenvalue weighted by Gasteiger charge is 1.75. The van der Waals surface area contributed by atoms with Crippen molar-refractivity contribution in [2.45, 2.75) is 32.6 Å². The molecule has 52 valence electrons. The van der Waals surface area contributed by atoms with Gasteiger partial charge in [-0.2, -0.15) is 12.6 Å². The molecule has 0 amide bonds. The summed E-state index contributed by atoms with van der Waals surface area (Å²) in [5.41, 5.74) is 0. The highest BCUT2D eigenvalue weighted by Crippen LogP contribution is 1.90. The minimum absolute atomic E-state index is 0.888. The second-order valence-electron chi connectivity index (χ2n) is 1.93. The van der Waals surface area contributed by atoms with Gasteiger partial charge in [0.2, 0.25) is 0 Å². The lowest BCUT2D eigenvalue weighted by molar-refractivity contribution is 0.827. The van der Waals surface area contributed by atoms with Gasteiger partial charge in [-0.15, -0.1) is 11.8 Å². The van der Waals surface area contributed by atoms with Crippen LogP contribution in [0.3, 0.4) is 0 Å². The van der Waals surface area contributed by atoms with Gasteiger partial charge in [0.1, 0.15) is 0 Å². The lowest BCUT2D eigenvalue weighted by Gasteiger charge is -1.82. The summed E-state index contributed by atoms with van der Waals surface area (Å²) in [7, 11) is 0. The molecule has 0 spiro atoms. The van der Waals surface area contributed by atoms with Crippen molar-refractivity contribution in [1.29, 1.82) is 0 Å². The zero-order valence-corrected chi connectivity index (χ0v) is 6.88. The molecule has 0 unspecified atom stereocenters. The molecule has 0 aliphatic rings. The first-order valence-corrected chi connectivity index (χ1v) is 4.11. The first-order chi connectivity index (χ1) is 4.41. The Bertz CT molecular complexity index is 96.9. The topological polar surface area (TPSA) is 0 Å². The van der Waals surface area contributed by atoms with E-state index in [2.05, 4.69) is 31.4 Å². The molecule has 0 aromatic rings. The third kappa shape index (κ3) is 7.91. The van der Waals surface area contributed by atoms with Crippen molar-refractivity contribution in [1.82, 2.24) is 0 Å². The number of rotatable bonds is 3. The van der Waals surface area contributed by atoms with Gasteiger partial charge in [0.15, 0.2) is 0 Å². The summed E-state index contributed by atoms with van der Waals surface area (Å²) in [6, 6.07) is 0. The Morgan fingerprint density at radius 1 is 1.22 bits per heavy atom. The summed E-state index contributed by atoms with van der Waals surface area (Å²) >= 11 is 4.04. The number of hydrogen-bond acceptors (Lipinski definition) is 1. The predicted octanol–water partition coefficient (Wildman–Crippen LogP) is 2.50. The Labute approximate surface area is 63.4 Å². The Hall–Kier alpha value is -0.0900. The molecule has 1 heteroatoms. The maximum absolute atomic E-state index is 4.04.